The van der Waals surface area contributed by atoms with Gasteiger partial charge in [0.2, 0.25) is 0 Å². The Morgan fingerprint density at radius 3 is 2.95 bits per heavy atom. The van der Waals surface area contributed by atoms with Gasteiger partial charge in [-0.2, -0.15) is 0 Å². The van der Waals surface area contributed by atoms with Crippen molar-refractivity contribution in [2.24, 2.45) is 5.92 Å². The van der Waals surface area contributed by atoms with Gasteiger partial charge in [0.25, 0.3) is 0 Å². The third-order valence-electron chi connectivity index (χ3n) is 4.36. The van der Waals surface area contributed by atoms with E-state index in [9.17, 15) is 4.79 Å². The maximum absolute atomic E-state index is 12.6. The average Bonchev–Trinajstić information content (AvgIpc) is 2.87. The summed E-state index contributed by atoms with van der Waals surface area (Å²) in [6, 6.07) is 5.50. The summed E-state index contributed by atoms with van der Waals surface area (Å²) in [4.78, 5) is 19.1. The first-order chi connectivity index (χ1) is 10.6. The first kappa shape index (κ1) is 14.9. The Hall–Kier alpha value is -2.01. The summed E-state index contributed by atoms with van der Waals surface area (Å²) in [5.41, 5.74) is 2.66. The molecule has 0 aliphatic carbocycles. The van der Waals surface area contributed by atoms with Crippen molar-refractivity contribution in [3.05, 3.63) is 47.1 Å². The highest BCUT2D eigenvalue weighted by Gasteiger charge is 2.28. The Morgan fingerprint density at radius 1 is 1.41 bits per heavy atom. The molecule has 3 rings (SSSR count). The maximum Gasteiger partial charge on any atom is 0.185 e. The Morgan fingerprint density at radius 2 is 2.27 bits per heavy atom. The number of nitrogens with zero attached hydrogens (tertiary/aromatic N) is 3. The van der Waals surface area contributed by atoms with Gasteiger partial charge in [-0.15, -0.1) is 0 Å². The van der Waals surface area contributed by atoms with Crippen LogP contribution in [-0.2, 0) is 6.54 Å². The van der Waals surface area contributed by atoms with Crippen LogP contribution in [0.15, 0.2) is 28.9 Å². The van der Waals surface area contributed by atoms with E-state index in [1.165, 1.54) is 0 Å². The van der Waals surface area contributed by atoms with Crippen LogP contribution in [0.25, 0.3) is 0 Å². The highest BCUT2D eigenvalue weighted by Crippen LogP contribution is 2.23. The minimum Gasteiger partial charge on any atom is -0.361 e. The molecule has 2 aromatic heterocycles. The lowest BCUT2D eigenvalue weighted by Gasteiger charge is -2.31. The second kappa shape index (κ2) is 6.40. The van der Waals surface area contributed by atoms with E-state index >= 15 is 0 Å². The average molecular weight is 299 g/mol. The number of hydrogen-bond acceptors (Lipinski definition) is 5. The molecule has 0 bridgehead atoms. The largest absolute Gasteiger partial charge is 0.361 e. The molecule has 5 heteroatoms. The Kier molecular flexibility index (Phi) is 4.34. The highest BCUT2D eigenvalue weighted by atomic mass is 16.5. The van der Waals surface area contributed by atoms with Gasteiger partial charge in [-0.3, -0.25) is 14.7 Å². The van der Waals surface area contributed by atoms with Gasteiger partial charge in [-0.25, -0.2) is 0 Å². The molecule has 1 aliphatic heterocycles. The molecule has 22 heavy (non-hydrogen) atoms. The monoisotopic (exact) mass is 299 g/mol. The number of carbonyl (C=O) groups is 1. The van der Waals surface area contributed by atoms with Crippen molar-refractivity contribution in [3.63, 3.8) is 0 Å². The lowest BCUT2D eigenvalue weighted by molar-refractivity contribution is 0.0806. The summed E-state index contributed by atoms with van der Waals surface area (Å²) in [7, 11) is 0. The molecule has 1 fully saturated rings. The SMILES string of the molecule is Cc1noc(C)c1CN1CCC[C@H](C(=O)c2ccccn2)C1. The van der Waals surface area contributed by atoms with Crippen molar-refractivity contribution in [1.29, 1.82) is 0 Å². The van der Waals surface area contributed by atoms with Gasteiger partial charge in [0, 0.05) is 30.8 Å². The number of carbonyl (C=O) groups excluding carboxylic acids is 1. The fourth-order valence-electron chi connectivity index (χ4n) is 3.08. The van der Waals surface area contributed by atoms with Gasteiger partial charge in [0.1, 0.15) is 11.5 Å². The van der Waals surface area contributed by atoms with Gasteiger partial charge in [-0.1, -0.05) is 11.2 Å². The summed E-state index contributed by atoms with van der Waals surface area (Å²) < 4.78 is 5.23. The molecular weight excluding hydrogens is 278 g/mol. The quantitative estimate of drug-likeness (QED) is 0.812. The zero-order valence-electron chi connectivity index (χ0n) is 13.1. The lowest BCUT2D eigenvalue weighted by atomic mass is 9.91. The summed E-state index contributed by atoms with van der Waals surface area (Å²) >= 11 is 0. The van der Waals surface area contributed by atoms with Gasteiger partial charge >= 0.3 is 0 Å². The fraction of sp³-hybridized carbons (Fsp3) is 0.471. The second-order valence-corrected chi connectivity index (χ2v) is 5.96. The summed E-state index contributed by atoms with van der Waals surface area (Å²) in [5, 5.41) is 4.00. The number of pyridine rings is 1. The third-order valence-corrected chi connectivity index (χ3v) is 4.36. The zero-order valence-corrected chi connectivity index (χ0v) is 13.1. The van der Waals surface area contributed by atoms with Crippen molar-refractivity contribution in [3.8, 4) is 0 Å². The van der Waals surface area contributed by atoms with E-state index < -0.39 is 0 Å². The zero-order chi connectivity index (χ0) is 15.5. The predicted molar refractivity (Wildman–Crippen MR) is 82.5 cm³/mol. The Balaban J connectivity index is 1.68. The lowest BCUT2D eigenvalue weighted by Crippen LogP contribution is -2.38. The Bertz CT molecular complexity index is 632. The molecule has 0 aromatic carbocycles. The van der Waals surface area contributed by atoms with Crippen molar-refractivity contribution in [1.82, 2.24) is 15.0 Å². The molecule has 116 valence electrons. The molecule has 1 aliphatic rings. The van der Waals surface area contributed by atoms with Crippen LogP contribution in [0.2, 0.25) is 0 Å². The third kappa shape index (κ3) is 3.09. The first-order valence-electron chi connectivity index (χ1n) is 7.74. The van der Waals surface area contributed by atoms with E-state index in [2.05, 4.69) is 15.0 Å². The molecule has 1 saturated heterocycles. The molecule has 3 heterocycles. The van der Waals surface area contributed by atoms with Crippen LogP contribution in [0.4, 0.5) is 0 Å². The Labute approximate surface area is 130 Å². The first-order valence-corrected chi connectivity index (χ1v) is 7.74. The minimum absolute atomic E-state index is 0.0316. The molecule has 0 amide bonds. The maximum atomic E-state index is 12.6. The van der Waals surface area contributed by atoms with E-state index in [0.717, 1.165) is 49.5 Å². The highest BCUT2D eigenvalue weighted by molar-refractivity contribution is 5.96. The van der Waals surface area contributed by atoms with Crippen molar-refractivity contribution >= 4 is 5.78 Å². The van der Waals surface area contributed by atoms with Crippen LogP contribution in [0, 0.1) is 19.8 Å². The smallest absolute Gasteiger partial charge is 0.185 e. The van der Waals surface area contributed by atoms with Gasteiger partial charge in [0.05, 0.1) is 5.69 Å². The van der Waals surface area contributed by atoms with E-state index in [-0.39, 0.29) is 11.7 Å². The standard InChI is InChI=1S/C17H21N3O2/c1-12-15(13(2)22-19-12)11-20-9-5-6-14(10-20)17(21)16-7-3-4-8-18-16/h3-4,7-8,14H,5-6,9-11H2,1-2H3/t14-/m0/s1. The van der Waals surface area contributed by atoms with Gasteiger partial charge in [0.15, 0.2) is 5.78 Å². The molecule has 5 nitrogen and oxygen atoms in total. The molecule has 0 saturated carbocycles. The van der Waals surface area contributed by atoms with Crippen LogP contribution < -0.4 is 0 Å². The molecule has 0 N–H and O–H groups in total. The summed E-state index contributed by atoms with van der Waals surface area (Å²) in [6.07, 6.45) is 3.65. The van der Waals surface area contributed by atoms with Gasteiger partial charge in [-0.05, 0) is 45.4 Å². The van der Waals surface area contributed by atoms with E-state index in [1.807, 2.05) is 26.0 Å². The number of aryl methyl sites for hydroxylation is 2. The molecule has 0 radical (unpaired) electrons. The fourth-order valence-corrected chi connectivity index (χ4v) is 3.08. The van der Waals surface area contributed by atoms with E-state index in [4.69, 9.17) is 4.52 Å². The second-order valence-electron chi connectivity index (χ2n) is 5.96. The minimum atomic E-state index is 0.0316. The number of hydrogen-bond donors (Lipinski definition) is 0. The number of rotatable bonds is 4. The molecule has 0 unspecified atom stereocenters. The number of Topliss-reactive ketones (excluding diaryl/α,β-unsaturated/α-hetero) is 1. The number of piperidine rings is 1. The molecular formula is C17H21N3O2. The van der Waals surface area contributed by atoms with Crippen molar-refractivity contribution in [2.45, 2.75) is 33.2 Å². The van der Waals surface area contributed by atoms with Crippen molar-refractivity contribution < 1.29 is 9.32 Å². The molecule has 2 aromatic rings. The molecule has 1 atom stereocenters. The van der Waals surface area contributed by atoms with E-state index in [1.54, 1.807) is 12.3 Å². The topological polar surface area (TPSA) is 59.2 Å². The van der Waals surface area contributed by atoms with Crippen LogP contribution >= 0.6 is 0 Å². The van der Waals surface area contributed by atoms with Crippen LogP contribution in [0.1, 0.15) is 40.3 Å². The van der Waals surface area contributed by atoms with Crippen LogP contribution in [-0.4, -0.2) is 33.9 Å². The summed E-state index contributed by atoms with van der Waals surface area (Å²) in [5.74, 6) is 1.06. The van der Waals surface area contributed by atoms with E-state index in [0.29, 0.717) is 5.69 Å². The number of likely N-dealkylation sites (tertiary alicyclic amines) is 1. The predicted octanol–water partition coefficient (Wildman–Crippen LogP) is 2.78. The van der Waals surface area contributed by atoms with Crippen LogP contribution in [0.3, 0.4) is 0 Å². The van der Waals surface area contributed by atoms with Crippen molar-refractivity contribution in [2.75, 3.05) is 13.1 Å². The van der Waals surface area contributed by atoms with Gasteiger partial charge < -0.3 is 4.52 Å². The van der Waals surface area contributed by atoms with Crippen LogP contribution in [0.5, 0.6) is 0 Å². The normalized spacial score (nSPS) is 19.3. The number of ketones is 1. The summed E-state index contributed by atoms with van der Waals surface area (Å²) in [6.45, 7) is 6.49. The number of aromatic nitrogens is 2. The molecule has 0 spiro atoms.